The molecule has 4 fully saturated rings. The summed E-state index contributed by atoms with van der Waals surface area (Å²) in [5.74, 6) is 0.162. The van der Waals surface area contributed by atoms with Gasteiger partial charge in [0.2, 0.25) is 5.91 Å². The number of fused-ring (bicyclic) bond motifs is 1. The van der Waals surface area contributed by atoms with Gasteiger partial charge in [-0.2, -0.15) is 5.26 Å². The molecule has 1 aromatic rings. The third-order valence-corrected chi connectivity index (χ3v) is 8.92. The molecule has 6 rings (SSSR count). The van der Waals surface area contributed by atoms with E-state index in [-0.39, 0.29) is 11.3 Å². The van der Waals surface area contributed by atoms with Gasteiger partial charge in [0.25, 0.3) is 0 Å². The van der Waals surface area contributed by atoms with Crippen LogP contribution < -0.4 is 4.90 Å². The minimum atomic E-state index is -1.47. The van der Waals surface area contributed by atoms with Gasteiger partial charge in [0.1, 0.15) is 0 Å². The van der Waals surface area contributed by atoms with Crippen molar-refractivity contribution < 1.29 is 14.6 Å². The monoisotopic (exact) mass is 407 g/mol. The second-order valence-corrected chi connectivity index (χ2v) is 9.97. The van der Waals surface area contributed by atoms with Gasteiger partial charge < -0.3 is 19.6 Å². The number of carbonyl (C=O) groups is 1. The summed E-state index contributed by atoms with van der Waals surface area (Å²) in [4.78, 5) is 17.4. The van der Waals surface area contributed by atoms with E-state index in [2.05, 4.69) is 36.1 Å². The zero-order valence-corrected chi connectivity index (χ0v) is 17.6. The van der Waals surface area contributed by atoms with Crippen LogP contribution in [0.2, 0.25) is 0 Å². The Morgan fingerprint density at radius 2 is 2.13 bits per heavy atom. The van der Waals surface area contributed by atoms with Crippen LogP contribution in [0.4, 0.5) is 5.69 Å². The van der Waals surface area contributed by atoms with E-state index >= 15 is 0 Å². The first-order chi connectivity index (χ1) is 14.5. The molecule has 6 heteroatoms. The molecule has 1 unspecified atom stereocenters. The molecule has 3 saturated heterocycles. The number of nitrogens with zero attached hydrogens (tertiary/aromatic N) is 3. The number of para-hydroxylation sites is 1. The van der Waals surface area contributed by atoms with Gasteiger partial charge in [-0.3, -0.25) is 4.79 Å². The van der Waals surface area contributed by atoms with Crippen molar-refractivity contribution in [2.75, 3.05) is 24.6 Å². The van der Waals surface area contributed by atoms with E-state index in [0.717, 1.165) is 43.5 Å². The Morgan fingerprint density at radius 1 is 1.30 bits per heavy atom. The summed E-state index contributed by atoms with van der Waals surface area (Å²) in [5, 5.41) is 22.3. The molecule has 0 bridgehead atoms. The van der Waals surface area contributed by atoms with Crippen LogP contribution in [0.25, 0.3) is 0 Å². The number of carbonyl (C=O) groups excluding carboxylic acids is 1. The van der Waals surface area contributed by atoms with Crippen molar-refractivity contribution in [2.24, 2.45) is 5.41 Å². The average molecular weight is 408 g/mol. The molecule has 6 nitrogen and oxygen atoms in total. The van der Waals surface area contributed by atoms with Crippen LogP contribution >= 0.6 is 0 Å². The molecule has 0 radical (unpaired) electrons. The lowest BCUT2D eigenvalue weighted by atomic mass is 9.47. The third-order valence-electron chi connectivity index (χ3n) is 8.92. The summed E-state index contributed by atoms with van der Waals surface area (Å²) in [6.07, 6.45) is 5.11. The summed E-state index contributed by atoms with van der Waals surface area (Å²) in [7, 11) is 0. The number of piperidine rings is 1. The maximum atomic E-state index is 13.1. The Kier molecular flexibility index (Phi) is 3.59. The van der Waals surface area contributed by atoms with Crippen molar-refractivity contribution in [1.29, 1.82) is 5.26 Å². The van der Waals surface area contributed by atoms with Crippen molar-refractivity contribution in [3.8, 4) is 6.07 Å². The standard InChI is InChI=1S/C24H29N3O3/c1-2-3-12-26-18-7-5-4-6-17(18)23-10-13-27-19(28)8-9-21(11-14-30-24(21,23)27)15-22(29,16-25)20(23)26/h4-7,20,29H,2-3,8-15H2,1H3/t20-,21+,22?,23-,24+/m1/s1. The summed E-state index contributed by atoms with van der Waals surface area (Å²) >= 11 is 0. The van der Waals surface area contributed by atoms with Gasteiger partial charge in [0.05, 0.1) is 24.1 Å². The van der Waals surface area contributed by atoms with Gasteiger partial charge in [0, 0.05) is 37.0 Å². The predicted octanol–water partition coefficient (Wildman–Crippen LogP) is 2.70. The Labute approximate surface area is 177 Å². The Hall–Kier alpha value is -2.10. The number of benzene rings is 1. The average Bonchev–Trinajstić information content (AvgIpc) is 3.40. The van der Waals surface area contributed by atoms with Gasteiger partial charge in [-0.05, 0) is 37.3 Å². The van der Waals surface area contributed by atoms with Gasteiger partial charge in [-0.1, -0.05) is 31.5 Å². The van der Waals surface area contributed by atoms with Gasteiger partial charge in [-0.15, -0.1) is 0 Å². The number of nitriles is 1. The zero-order chi connectivity index (χ0) is 20.8. The molecule has 1 aromatic carbocycles. The molecule has 1 N–H and O–H groups in total. The lowest BCUT2D eigenvalue weighted by Crippen LogP contribution is -2.79. The molecule has 5 aliphatic rings. The smallest absolute Gasteiger partial charge is 0.224 e. The SMILES string of the molecule is CCCCN1c2ccccc2[C@@]23CCN4C(=O)CC[C@]5(CCO[C@@]452)CC(O)(C#N)[C@@H]13. The number of aliphatic hydroxyl groups is 1. The van der Waals surface area contributed by atoms with Crippen molar-refractivity contribution in [3.63, 3.8) is 0 Å². The number of unbranched alkanes of at least 4 members (excludes halogenated alkanes) is 1. The topological polar surface area (TPSA) is 76.8 Å². The van der Waals surface area contributed by atoms with E-state index in [1.807, 2.05) is 11.0 Å². The van der Waals surface area contributed by atoms with Crippen LogP contribution in [0.15, 0.2) is 24.3 Å². The lowest BCUT2D eigenvalue weighted by Gasteiger charge is -2.65. The van der Waals surface area contributed by atoms with Crippen molar-refractivity contribution >= 4 is 11.6 Å². The zero-order valence-electron chi connectivity index (χ0n) is 17.6. The molecule has 2 spiro atoms. The summed E-state index contributed by atoms with van der Waals surface area (Å²) in [6.45, 7) is 4.17. The molecule has 1 saturated carbocycles. The van der Waals surface area contributed by atoms with E-state index in [9.17, 15) is 15.2 Å². The number of amides is 1. The molecule has 5 atom stereocenters. The van der Waals surface area contributed by atoms with Crippen LogP contribution in [0, 0.1) is 16.7 Å². The van der Waals surface area contributed by atoms with Gasteiger partial charge in [0.15, 0.2) is 11.3 Å². The number of ether oxygens (including phenoxy) is 1. The quantitative estimate of drug-likeness (QED) is 0.780. The largest absolute Gasteiger partial charge is 0.373 e. The molecule has 1 aliphatic carbocycles. The van der Waals surface area contributed by atoms with E-state index in [1.54, 1.807) is 0 Å². The highest BCUT2D eigenvalue weighted by atomic mass is 16.5. The third kappa shape index (κ3) is 1.75. The van der Waals surface area contributed by atoms with E-state index < -0.39 is 22.8 Å². The van der Waals surface area contributed by atoms with E-state index in [1.165, 1.54) is 0 Å². The maximum absolute atomic E-state index is 13.1. The second kappa shape index (κ2) is 5.77. The Morgan fingerprint density at radius 3 is 2.93 bits per heavy atom. The molecule has 4 heterocycles. The number of rotatable bonds is 3. The van der Waals surface area contributed by atoms with Crippen LogP contribution in [0.3, 0.4) is 0 Å². The fourth-order valence-electron chi connectivity index (χ4n) is 8.16. The summed E-state index contributed by atoms with van der Waals surface area (Å²) < 4.78 is 6.71. The molecule has 1 amide bonds. The number of hydrogen-bond donors (Lipinski definition) is 1. The van der Waals surface area contributed by atoms with Crippen LogP contribution in [0.1, 0.15) is 57.4 Å². The van der Waals surface area contributed by atoms with Crippen molar-refractivity contribution in [3.05, 3.63) is 29.8 Å². The fraction of sp³-hybridized carbons (Fsp3) is 0.667. The van der Waals surface area contributed by atoms with Crippen molar-refractivity contribution in [2.45, 2.75) is 74.7 Å². The van der Waals surface area contributed by atoms with Crippen LogP contribution in [-0.2, 0) is 14.9 Å². The molecule has 0 aromatic heterocycles. The first-order valence-electron chi connectivity index (χ1n) is 11.4. The molecular formula is C24H29N3O3. The molecule has 4 aliphatic heterocycles. The van der Waals surface area contributed by atoms with E-state index in [4.69, 9.17) is 4.74 Å². The molecule has 158 valence electrons. The second-order valence-electron chi connectivity index (χ2n) is 9.97. The minimum Gasteiger partial charge on any atom is -0.373 e. The first kappa shape index (κ1) is 18.7. The van der Waals surface area contributed by atoms with Crippen LogP contribution in [0.5, 0.6) is 0 Å². The molecular weight excluding hydrogens is 378 g/mol. The Balaban J connectivity index is 1.68. The normalized spacial score (nSPS) is 43.1. The highest BCUT2D eigenvalue weighted by Gasteiger charge is 2.85. The van der Waals surface area contributed by atoms with E-state index in [0.29, 0.717) is 32.4 Å². The van der Waals surface area contributed by atoms with Gasteiger partial charge >= 0.3 is 0 Å². The highest BCUT2D eigenvalue weighted by molar-refractivity contribution is 5.81. The maximum Gasteiger partial charge on any atom is 0.224 e. The van der Waals surface area contributed by atoms with Crippen molar-refractivity contribution in [1.82, 2.24) is 4.90 Å². The predicted molar refractivity (Wildman–Crippen MR) is 111 cm³/mol. The summed E-state index contributed by atoms with van der Waals surface area (Å²) in [6, 6.07) is 10.3. The number of anilines is 1. The highest BCUT2D eigenvalue weighted by Crippen LogP contribution is 2.74. The minimum absolute atomic E-state index is 0.162. The Bertz CT molecular complexity index is 975. The number of hydrogen-bond acceptors (Lipinski definition) is 5. The molecule has 30 heavy (non-hydrogen) atoms. The lowest BCUT2D eigenvalue weighted by molar-refractivity contribution is -0.252. The van der Waals surface area contributed by atoms with Crippen LogP contribution in [-0.4, -0.2) is 53.0 Å². The first-order valence-corrected chi connectivity index (χ1v) is 11.4. The van der Waals surface area contributed by atoms with Gasteiger partial charge in [-0.25, -0.2) is 0 Å². The fourth-order valence-corrected chi connectivity index (χ4v) is 8.16. The summed E-state index contributed by atoms with van der Waals surface area (Å²) in [5.41, 5.74) is -0.910.